The maximum Gasteiger partial charge on any atom is 0.125 e. The zero-order valence-electron chi connectivity index (χ0n) is 9.42. The second-order valence-electron chi connectivity index (χ2n) is 3.63. The first-order valence-corrected chi connectivity index (χ1v) is 5.16. The van der Waals surface area contributed by atoms with Crippen LogP contribution in [0.25, 0.3) is 5.69 Å². The van der Waals surface area contributed by atoms with E-state index in [0.29, 0.717) is 0 Å². The molecule has 84 valence electrons. The molecule has 2 rings (SSSR count). The van der Waals surface area contributed by atoms with E-state index < -0.39 is 0 Å². The molecular weight excluding hydrogens is 202 g/mol. The van der Waals surface area contributed by atoms with Gasteiger partial charge in [-0.15, -0.1) is 0 Å². The summed E-state index contributed by atoms with van der Waals surface area (Å²) >= 11 is 0. The Bertz CT molecular complexity index is 463. The summed E-state index contributed by atoms with van der Waals surface area (Å²) in [5.41, 5.74) is 7.90. The van der Waals surface area contributed by atoms with Crippen molar-refractivity contribution in [1.29, 1.82) is 0 Å². The van der Waals surface area contributed by atoms with Gasteiger partial charge in [-0.25, -0.2) is 4.68 Å². The van der Waals surface area contributed by atoms with Gasteiger partial charge in [0.05, 0.1) is 12.8 Å². The highest BCUT2D eigenvalue weighted by atomic mass is 16.5. The van der Waals surface area contributed by atoms with Crippen LogP contribution in [0.1, 0.15) is 18.5 Å². The first kappa shape index (κ1) is 10.7. The number of benzene rings is 1. The van der Waals surface area contributed by atoms with Crippen LogP contribution < -0.4 is 10.5 Å². The summed E-state index contributed by atoms with van der Waals surface area (Å²) in [6.07, 6.45) is 3.63. The van der Waals surface area contributed by atoms with Crippen LogP contribution in [0.4, 0.5) is 0 Å². The second-order valence-corrected chi connectivity index (χ2v) is 3.63. The molecule has 0 aliphatic rings. The molecule has 0 unspecified atom stereocenters. The van der Waals surface area contributed by atoms with Gasteiger partial charge in [0.2, 0.25) is 0 Å². The van der Waals surface area contributed by atoms with Crippen molar-refractivity contribution >= 4 is 0 Å². The topological polar surface area (TPSA) is 53.1 Å². The molecule has 1 atom stereocenters. The summed E-state index contributed by atoms with van der Waals surface area (Å²) < 4.78 is 7.12. The molecule has 0 saturated heterocycles. The van der Waals surface area contributed by atoms with E-state index in [2.05, 4.69) is 5.10 Å². The summed E-state index contributed by atoms with van der Waals surface area (Å²) in [5, 5.41) is 4.21. The standard InChI is InChI=1S/C12H15N3O/c1-9(13)12-10(15-8-4-7-14-15)5-3-6-11(12)16-2/h3-9H,13H2,1-2H3/t9-/m1/s1. The zero-order valence-corrected chi connectivity index (χ0v) is 9.42. The Balaban J connectivity index is 2.61. The van der Waals surface area contributed by atoms with Crippen molar-refractivity contribution in [2.24, 2.45) is 5.73 Å². The van der Waals surface area contributed by atoms with Crippen LogP contribution >= 0.6 is 0 Å². The number of nitrogens with zero attached hydrogens (tertiary/aromatic N) is 2. The molecule has 2 aromatic rings. The minimum Gasteiger partial charge on any atom is -0.496 e. The van der Waals surface area contributed by atoms with E-state index in [1.807, 2.05) is 37.4 Å². The maximum absolute atomic E-state index is 5.98. The van der Waals surface area contributed by atoms with Crippen molar-refractivity contribution < 1.29 is 4.74 Å². The number of hydrogen-bond acceptors (Lipinski definition) is 3. The van der Waals surface area contributed by atoms with Crippen LogP contribution in [-0.2, 0) is 0 Å². The molecule has 1 aromatic carbocycles. The van der Waals surface area contributed by atoms with Crippen molar-refractivity contribution in [2.75, 3.05) is 7.11 Å². The molecule has 0 saturated carbocycles. The molecule has 2 N–H and O–H groups in total. The number of ether oxygens (including phenoxy) is 1. The predicted molar refractivity (Wildman–Crippen MR) is 62.7 cm³/mol. The van der Waals surface area contributed by atoms with E-state index in [1.54, 1.807) is 18.0 Å². The lowest BCUT2D eigenvalue weighted by molar-refractivity contribution is 0.406. The van der Waals surface area contributed by atoms with Crippen molar-refractivity contribution in [1.82, 2.24) is 9.78 Å². The van der Waals surface area contributed by atoms with Crippen LogP contribution in [-0.4, -0.2) is 16.9 Å². The molecular formula is C12H15N3O. The molecule has 1 aromatic heterocycles. The van der Waals surface area contributed by atoms with E-state index in [-0.39, 0.29) is 6.04 Å². The van der Waals surface area contributed by atoms with Gasteiger partial charge < -0.3 is 10.5 Å². The minimum atomic E-state index is -0.102. The maximum atomic E-state index is 5.98. The van der Waals surface area contributed by atoms with Gasteiger partial charge in [-0.2, -0.15) is 5.10 Å². The van der Waals surface area contributed by atoms with E-state index in [4.69, 9.17) is 10.5 Å². The Morgan fingerprint density at radius 1 is 1.38 bits per heavy atom. The van der Waals surface area contributed by atoms with Gasteiger partial charge in [0.25, 0.3) is 0 Å². The molecule has 1 heterocycles. The van der Waals surface area contributed by atoms with Crippen molar-refractivity contribution in [3.05, 3.63) is 42.2 Å². The Morgan fingerprint density at radius 3 is 2.75 bits per heavy atom. The first-order valence-electron chi connectivity index (χ1n) is 5.16. The Morgan fingerprint density at radius 2 is 2.19 bits per heavy atom. The summed E-state index contributed by atoms with van der Waals surface area (Å²) in [7, 11) is 1.65. The predicted octanol–water partition coefficient (Wildman–Crippen LogP) is 1.90. The van der Waals surface area contributed by atoms with Gasteiger partial charge in [-0.3, -0.25) is 0 Å². The quantitative estimate of drug-likeness (QED) is 0.854. The molecule has 0 amide bonds. The molecule has 0 radical (unpaired) electrons. The number of hydrogen-bond donors (Lipinski definition) is 1. The monoisotopic (exact) mass is 217 g/mol. The van der Waals surface area contributed by atoms with E-state index in [1.165, 1.54) is 0 Å². The lowest BCUT2D eigenvalue weighted by Gasteiger charge is -2.16. The average Bonchev–Trinajstić information content (AvgIpc) is 2.81. The SMILES string of the molecule is COc1cccc(-n2cccn2)c1[C@@H](C)N. The van der Waals surface area contributed by atoms with Crippen LogP contribution in [0.15, 0.2) is 36.7 Å². The van der Waals surface area contributed by atoms with Crippen molar-refractivity contribution in [2.45, 2.75) is 13.0 Å². The fourth-order valence-electron chi connectivity index (χ4n) is 1.78. The van der Waals surface area contributed by atoms with Gasteiger partial charge in [0, 0.05) is 24.0 Å². The van der Waals surface area contributed by atoms with Crippen LogP contribution in [0.3, 0.4) is 0 Å². The number of rotatable bonds is 3. The van der Waals surface area contributed by atoms with Gasteiger partial charge in [-0.1, -0.05) is 6.07 Å². The number of nitrogens with two attached hydrogens (primary N) is 1. The number of aromatic nitrogens is 2. The molecule has 0 spiro atoms. The second kappa shape index (κ2) is 4.37. The largest absolute Gasteiger partial charge is 0.496 e. The fourth-order valence-corrected chi connectivity index (χ4v) is 1.78. The van der Waals surface area contributed by atoms with Gasteiger partial charge in [0.15, 0.2) is 0 Å². The highest BCUT2D eigenvalue weighted by Crippen LogP contribution is 2.29. The highest BCUT2D eigenvalue weighted by molar-refractivity contribution is 5.50. The summed E-state index contributed by atoms with van der Waals surface area (Å²) in [6, 6.07) is 7.60. The smallest absolute Gasteiger partial charge is 0.125 e. The first-order chi connectivity index (χ1) is 7.74. The van der Waals surface area contributed by atoms with E-state index in [9.17, 15) is 0 Å². The lowest BCUT2D eigenvalue weighted by Crippen LogP contribution is -2.11. The third-order valence-electron chi connectivity index (χ3n) is 2.47. The van der Waals surface area contributed by atoms with E-state index in [0.717, 1.165) is 17.0 Å². The van der Waals surface area contributed by atoms with Crippen LogP contribution in [0.2, 0.25) is 0 Å². The van der Waals surface area contributed by atoms with Crippen LogP contribution in [0, 0.1) is 0 Å². The third kappa shape index (κ3) is 1.79. The Kier molecular flexibility index (Phi) is 2.92. The zero-order chi connectivity index (χ0) is 11.5. The normalized spacial score (nSPS) is 12.4. The third-order valence-corrected chi connectivity index (χ3v) is 2.47. The lowest BCUT2D eigenvalue weighted by atomic mass is 10.1. The molecule has 0 aliphatic carbocycles. The summed E-state index contributed by atoms with van der Waals surface area (Å²) in [5.74, 6) is 0.794. The molecule has 0 aliphatic heterocycles. The van der Waals surface area contributed by atoms with E-state index >= 15 is 0 Å². The van der Waals surface area contributed by atoms with Crippen molar-refractivity contribution in [3.8, 4) is 11.4 Å². The number of methoxy groups -OCH3 is 1. The summed E-state index contributed by atoms with van der Waals surface area (Å²) in [6.45, 7) is 1.94. The van der Waals surface area contributed by atoms with Gasteiger partial charge in [0.1, 0.15) is 5.75 Å². The Labute approximate surface area is 94.6 Å². The van der Waals surface area contributed by atoms with Crippen molar-refractivity contribution in [3.63, 3.8) is 0 Å². The average molecular weight is 217 g/mol. The van der Waals surface area contributed by atoms with Gasteiger partial charge in [-0.05, 0) is 25.1 Å². The fraction of sp³-hybridized carbons (Fsp3) is 0.250. The molecule has 4 nitrogen and oxygen atoms in total. The minimum absolute atomic E-state index is 0.102. The molecule has 0 bridgehead atoms. The van der Waals surface area contributed by atoms with Gasteiger partial charge >= 0.3 is 0 Å². The molecule has 4 heteroatoms. The Hall–Kier alpha value is -1.81. The highest BCUT2D eigenvalue weighted by Gasteiger charge is 2.14. The summed E-state index contributed by atoms with van der Waals surface area (Å²) in [4.78, 5) is 0. The molecule has 16 heavy (non-hydrogen) atoms. The molecule has 0 fully saturated rings. The van der Waals surface area contributed by atoms with Crippen LogP contribution in [0.5, 0.6) is 5.75 Å².